The van der Waals surface area contributed by atoms with Gasteiger partial charge in [-0.1, -0.05) is 23.7 Å². The average molecular weight is 386 g/mol. The number of benzene rings is 2. The van der Waals surface area contributed by atoms with Crippen LogP contribution in [0.3, 0.4) is 0 Å². The molecule has 27 heavy (non-hydrogen) atoms. The number of aryl methyl sites for hydroxylation is 2. The van der Waals surface area contributed by atoms with Crippen LogP contribution >= 0.6 is 11.6 Å². The Morgan fingerprint density at radius 3 is 2.78 bits per heavy atom. The molecule has 0 bridgehead atoms. The second kappa shape index (κ2) is 6.48. The van der Waals surface area contributed by atoms with Gasteiger partial charge in [0.15, 0.2) is 17.2 Å². The van der Waals surface area contributed by atoms with E-state index in [2.05, 4.69) is 20.8 Å². The highest BCUT2D eigenvalue weighted by molar-refractivity contribution is 6.35. The molecule has 2 aromatic carbocycles. The van der Waals surface area contributed by atoms with Crippen molar-refractivity contribution in [1.82, 2.24) is 20.2 Å². The van der Waals surface area contributed by atoms with Crippen LogP contribution in [0.1, 0.15) is 21.9 Å². The number of furan rings is 1. The number of anilines is 1. The molecule has 4 aromatic rings. The molecule has 0 saturated carbocycles. The van der Waals surface area contributed by atoms with E-state index in [1.54, 1.807) is 26.0 Å². The largest absolute Gasteiger partial charge is 0.449 e. The van der Waals surface area contributed by atoms with Gasteiger partial charge in [0.1, 0.15) is 11.5 Å². The van der Waals surface area contributed by atoms with Crippen molar-refractivity contribution in [2.45, 2.75) is 13.8 Å². The first-order valence-electron chi connectivity index (χ1n) is 7.99. The highest BCUT2D eigenvalue weighted by atomic mass is 35.5. The van der Waals surface area contributed by atoms with Gasteiger partial charge >= 0.3 is 0 Å². The number of rotatable bonds is 3. The van der Waals surface area contributed by atoms with Crippen molar-refractivity contribution in [2.75, 3.05) is 5.32 Å². The summed E-state index contributed by atoms with van der Waals surface area (Å²) in [4.78, 5) is 12.7. The molecule has 9 heteroatoms. The monoisotopic (exact) mass is 385 g/mol. The SMILES string of the molecule is Cc1c(C(=O)Nc2ccc(F)c(-n3nnnc3C)c2)oc2c(Cl)cccc12. The number of tetrazole rings is 1. The number of carbonyl (C=O) groups excluding carboxylic acids is 1. The molecule has 1 amide bonds. The summed E-state index contributed by atoms with van der Waals surface area (Å²) in [7, 11) is 0. The van der Waals surface area contributed by atoms with Crippen LogP contribution in [0.4, 0.5) is 10.1 Å². The van der Waals surface area contributed by atoms with Gasteiger partial charge in [0.2, 0.25) is 0 Å². The Labute approximate surface area is 157 Å². The number of halogens is 2. The number of nitrogens with zero attached hydrogens (tertiary/aromatic N) is 4. The first-order chi connectivity index (χ1) is 13.0. The highest BCUT2D eigenvalue weighted by Crippen LogP contribution is 2.31. The first kappa shape index (κ1) is 17.2. The number of hydrogen-bond donors (Lipinski definition) is 1. The molecule has 0 fully saturated rings. The van der Waals surface area contributed by atoms with Crippen molar-refractivity contribution < 1.29 is 13.6 Å². The molecule has 0 radical (unpaired) electrons. The smallest absolute Gasteiger partial charge is 0.291 e. The number of carbonyl (C=O) groups is 1. The third-order valence-electron chi connectivity index (χ3n) is 4.18. The third kappa shape index (κ3) is 2.93. The minimum absolute atomic E-state index is 0.125. The summed E-state index contributed by atoms with van der Waals surface area (Å²) in [5, 5.41) is 14.9. The molecule has 0 aliphatic heterocycles. The van der Waals surface area contributed by atoms with Crippen molar-refractivity contribution in [3.05, 3.63) is 64.4 Å². The third-order valence-corrected chi connectivity index (χ3v) is 4.48. The van der Waals surface area contributed by atoms with E-state index in [1.165, 1.54) is 22.9 Å². The summed E-state index contributed by atoms with van der Waals surface area (Å²) in [6.45, 7) is 3.42. The maximum atomic E-state index is 14.2. The van der Waals surface area contributed by atoms with Gasteiger partial charge in [0, 0.05) is 16.6 Å². The van der Waals surface area contributed by atoms with Crippen LogP contribution in [0, 0.1) is 19.7 Å². The van der Waals surface area contributed by atoms with E-state index >= 15 is 0 Å². The molecule has 4 rings (SSSR count). The van der Waals surface area contributed by atoms with Crippen LogP contribution in [-0.2, 0) is 0 Å². The first-order valence-corrected chi connectivity index (χ1v) is 8.37. The summed E-state index contributed by atoms with van der Waals surface area (Å²) in [5.74, 6) is -0.427. The normalized spacial score (nSPS) is 11.1. The maximum Gasteiger partial charge on any atom is 0.291 e. The summed E-state index contributed by atoms with van der Waals surface area (Å²) < 4.78 is 21.1. The van der Waals surface area contributed by atoms with Crippen LogP contribution in [0.5, 0.6) is 0 Å². The zero-order valence-electron chi connectivity index (χ0n) is 14.3. The molecule has 2 heterocycles. The van der Waals surface area contributed by atoms with Crippen molar-refractivity contribution in [3.8, 4) is 5.69 Å². The van der Waals surface area contributed by atoms with Gasteiger partial charge in [-0.2, -0.15) is 4.68 Å². The Bertz CT molecular complexity index is 1180. The van der Waals surface area contributed by atoms with E-state index in [0.717, 1.165) is 5.39 Å². The Hall–Kier alpha value is -3.26. The number of fused-ring (bicyclic) bond motifs is 1. The Morgan fingerprint density at radius 1 is 1.26 bits per heavy atom. The van der Waals surface area contributed by atoms with Crippen molar-refractivity contribution in [3.63, 3.8) is 0 Å². The number of para-hydroxylation sites is 1. The van der Waals surface area contributed by atoms with Gasteiger partial charge in [0.25, 0.3) is 5.91 Å². The number of amides is 1. The predicted molar refractivity (Wildman–Crippen MR) is 97.8 cm³/mol. The number of aromatic nitrogens is 4. The fourth-order valence-electron chi connectivity index (χ4n) is 2.82. The van der Waals surface area contributed by atoms with E-state index < -0.39 is 11.7 Å². The summed E-state index contributed by atoms with van der Waals surface area (Å²) in [5.41, 5.74) is 1.62. The molecular weight excluding hydrogens is 373 g/mol. The van der Waals surface area contributed by atoms with E-state index in [0.29, 0.717) is 27.7 Å². The quantitative estimate of drug-likeness (QED) is 0.574. The fourth-order valence-corrected chi connectivity index (χ4v) is 3.03. The Balaban J connectivity index is 1.69. The van der Waals surface area contributed by atoms with Crippen molar-refractivity contribution in [1.29, 1.82) is 0 Å². The lowest BCUT2D eigenvalue weighted by atomic mass is 10.1. The second-order valence-corrected chi connectivity index (χ2v) is 6.34. The summed E-state index contributed by atoms with van der Waals surface area (Å²) >= 11 is 6.13. The minimum Gasteiger partial charge on any atom is -0.449 e. The van der Waals surface area contributed by atoms with Crippen LogP contribution in [0.2, 0.25) is 5.02 Å². The van der Waals surface area contributed by atoms with Gasteiger partial charge in [-0.3, -0.25) is 4.79 Å². The van der Waals surface area contributed by atoms with Gasteiger partial charge < -0.3 is 9.73 Å². The van der Waals surface area contributed by atoms with Crippen molar-refractivity contribution in [2.24, 2.45) is 0 Å². The topological polar surface area (TPSA) is 85.8 Å². The number of nitrogens with one attached hydrogen (secondary N) is 1. The van der Waals surface area contributed by atoms with Crippen molar-refractivity contribution >= 4 is 34.2 Å². The summed E-state index contributed by atoms with van der Waals surface area (Å²) in [6.07, 6.45) is 0. The Morgan fingerprint density at radius 2 is 2.07 bits per heavy atom. The fraction of sp³-hybridized carbons (Fsp3) is 0.111. The van der Waals surface area contributed by atoms with E-state index in [9.17, 15) is 9.18 Å². The van der Waals surface area contributed by atoms with E-state index in [-0.39, 0.29) is 11.4 Å². The second-order valence-electron chi connectivity index (χ2n) is 5.93. The Kier molecular flexibility index (Phi) is 4.12. The molecule has 2 aromatic heterocycles. The van der Waals surface area contributed by atoms with Crippen LogP contribution in [0.25, 0.3) is 16.7 Å². The van der Waals surface area contributed by atoms with Crippen LogP contribution in [-0.4, -0.2) is 26.1 Å². The molecule has 0 aliphatic carbocycles. The molecule has 0 spiro atoms. The number of hydrogen-bond acceptors (Lipinski definition) is 5. The lowest BCUT2D eigenvalue weighted by molar-refractivity contribution is 0.0998. The maximum absolute atomic E-state index is 14.2. The zero-order valence-corrected chi connectivity index (χ0v) is 15.1. The molecule has 7 nitrogen and oxygen atoms in total. The highest BCUT2D eigenvalue weighted by Gasteiger charge is 2.20. The van der Waals surface area contributed by atoms with Gasteiger partial charge in [0.05, 0.1) is 5.02 Å². The van der Waals surface area contributed by atoms with Crippen LogP contribution in [0.15, 0.2) is 40.8 Å². The van der Waals surface area contributed by atoms with Gasteiger partial charge in [-0.15, -0.1) is 5.10 Å². The standard InChI is InChI=1S/C18H13ClFN5O2/c1-9-12-4-3-5-13(19)17(12)27-16(9)18(26)21-11-6-7-14(20)15(8-11)25-10(2)22-23-24-25/h3-8H,1-2H3,(H,21,26). The lowest BCUT2D eigenvalue weighted by Crippen LogP contribution is -2.13. The summed E-state index contributed by atoms with van der Waals surface area (Å²) in [6, 6.07) is 9.43. The molecule has 0 aliphatic rings. The van der Waals surface area contributed by atoms with Crippen LogP contribution < -0.4 is 5.32 Å². The molecule has 136 valence electrons. The van der Waals surface area contributed by atoms with E-state index in [4.69, 9.17) is 16.0 Å². The average Bonchev–Trinajstić information content (AvgIpc) is 3.21. The molecule has 0 atom stereocenters. The minimum atomic E-state index is -0.518. The molecule has 1 N–H and O–H groups in total. The predicted octanol–water partition coefficient (Wildman–Crippen LogP) is 4.07. The molecular formula is C18H13ClFN5O2. The lowest BCUT2D eigenvalue weighted by Gasteiger charge is -2.08. The zero-order chi connectivity index (χ0) is 19.1. The molecule has 0 unspecified atom stereocenters. The molecule has 0 saturated heterocycles. The van der Waals surface area contributed by atoms with E-state index in [1.807, 2.05) is 6.07 Å². The van der Waals surface area contributed by atoms with Gasteiger partial charge in [-0.25, -0.2) is 4.39 Å². The van der Waals surface area contributed by atoms with Gasteiger partial charge in [-0.05, 0) is 48.5 Å².